The van der Waals surface area contributed by atoms with Crippen LogP contribution in [0, 0.1) is 11.6 Å². The lowest BCUT2D eigenvalue weighted by atomic mass is 10.1. The smallest absolute Gasteiger partial charge is 0.340 e. The molecule has 2 aromatic rings. The van der Waals surface area contributed by atoms with Gasteiger partial charge in [0.25, 0.3) is 0 Å². The molecule has 0 fully saturated rings. The Morgan fingerprint density at radius 3 is 2.76 bits per heavy atom. The number of thiazole rings is 1. The number of aromatic nitrogens is 1. The van der Waals surface area contributed by atoms with E-state index >= 15 is 0 Å². The van der Waals surface area contributed by atoms with E-state index in [9.17, 15) is 13.6 Å². The summed E-state index contributed by atoms with van der Waals surface area (Å²) in [6, 6.07) is 1.77. The van der Waals surface area contributed by atoms with Crippen molar-refractivity contribution >= 4 is 23.0 Å². The number of benzene rings is 1. The number of anilines is 1. The molecule has 0 amide bonds. The van der Waals surface area contributed by atoms with E-state index < -0.39 is 17.6 Å². The van der Waals surface area contributed by atoms with Gasteiger partial charge in [0, 0.05) is 17.1 Å². The van der Waals surface area contributed by atoms with Gasteiger partial charge in [0.1, 0.15) is 11.6 Å². The number of halogens is 2. The maximum absolute atomic E-state index is 13.7. The van der Waals surface area contributed by atoms with E-state index in [0.717, 1.165) is 29.5 Å². The van der Waals surface area contributed by atoms with Gasteiger partial charge < -0.3 is 10.1 Å². The van der Waals surface area contributed by atoms with Crippen molar-refractivity contribution in [2.45, 2.75) is 19.9 Å². The van der Waals surface area contributed by atoms with E-state index in [4.69, 9.17) is 0 Å². The van der Waals surface area contributed by atoms with Crippen LogP contribution in [0.25, 0.3) is 0 Å². The molecule has 0 unspecified atom stereocenters. The van der Waals surface area contributed by atoms with Gasteiger partial charge in [-0.05, 0) is 12.5 Å². The van der Waals surface area contributed by atoms with Gasteiger partial charge in [-0.25, -0.2) is 18.6 Å². The van der Waals surface area contributed by atoms with Gasteiger partial charge in [-0.1, -0.05) is 6.92 Å². The van der Waals surface area contributed by atoms with Crippen molar-refractivity contribution < 1.29 is 18.3 Å². The third kappa shape index (κ3) is 3.55. The van der Waals surface area contributed by atoms with Crippen LogP contribution in [0.15, 0.2) is 18.3 Å². The van der Waals surface area contributed by atoms with Gasteiger partial charge >= 0.3 is 5.97 Å². The minimum absolute atomic E-state index is 0.0447. The van der Waals surface area contributed by atoms with Crippen LogP contribution < -0.4 is 5.32 Å². The highest BCUT2D eigenvalue weighted by Crippen LogP contribution is 2.22. The van der Waals surface area contributed by atoms with Gasteiger partial charge in [0.2, 0.25) is 0 Å². The van der Waals surface area contributed by atoms with Gasteiger partial charge in [-0.2, -0.15) is 0 Å². The average molecular weight is 312 g/mol. The van der Waals surface area contributed by atoms with Crippen LogP contribution in [0.4, 0.5) is 14.5 Å². The Morgan fingerprint density at radius 1 is 1.38 bits per heavy atom. The lowest BCUT2D eigenvalue weighted by Crippen LogP contribution is -2.08. The molecule has 0 saturated carbocycles. The van der Waals surface area contributed by atoms with Crippen molar-refractivity contribution in [3.8, 4) is 0 Å². The van der Waals surface area contributed by atoms with Crippen LogP contribution in [0.5, 0.6) is 0 Å². The summed E-state index contributed by atoms with van der Waals surface area (Å²) in [6.07, 6.45) is 2.54. The van der Waals surface area contributed by atoms with E-state index in [1.54, 1.807) is 6.20 Å². The minimum atomic E-state index is -0.948. The zero-order valence-corrected chi connectivity index (χ0v) is 12.4. The lowest BCUT2D eigenvalue weighted by molar-refractivity contribution is 0.0595. The Hall–Kier alpha value is -2.02. The first-order valence-electron chi connectivity index (χ1n) is 6.30. The van der Waals surface area contributed by atoms with Crippen LogP contribution >= 0.6 is 11.3 Å². The number of nitrogens with zero attached hydrogens (tertiary/aromatic N) is 1. The van der Waals surface area contributed by atoms with Crippen molar-refractivity contribution in [1.82, 2.24) is 4.98 Å². The molecule has 0 spiro atoms. The quantitative estimate of drug-likeness (QED) is 0.860. The number of ether oxygens (including phenoxy) is 1. The van der Waals surface area contributed by atoms with E-state index in [1.807, 2.05) is 6.92 Å². The van der Waals surface area contributed by atoms with Gasteiger partial charge in [-0.3, -0.25) is 0 Å². The van der Waals surface area contributed by atoms with Crippen molar-refractivity contribution in [3.05, 3.63) is 45.4 Å². The van der Waals surface area contributed by atoms with Gasteiger partial charge in [0.05, 0.1) is 29.9 Å². The molecule has 1 N–H and O–H groups in total. The largest absolute Gasteiger partial charge is 0.465 e. The number of rotatable bonds is 5. The molecule has 0 saturated heterocycles. The summed E-state index contributed by atoms with van der Waals surface area (Å²) in [5, 5.41) is 3.82. The predicted octanol–water partition coefficient (Wildman–Crippen LogP) is 3.38. The maximum Gasteiger partial charge on any atom is 0.340 e. The maximum atomic E-state index is 13.7. The monoisotopic (exact) mass is 312 g/mol. The summed E-state index contributed by atoms with van der Waals surface area (Å²) in [5.41, 5.74) is -0.261. The van der Waals surface area contributed by atoms with Crippen LogP contribution in [-0.2, 0) is 17.7 Å². The Kier molecular flexibility index (Phi) is 4.85. The van der Waals surface area contributed by atoms with Gasteiger partial charge in [-0.15, -0.1) is 11.3 Å². The summed E-state index contributed by atoms with van der Waals surface area (Å²) in [6.45, 7) is 2.35. The topological polar surface area (TPSA) is 51.2 Å². The van der Waals surface area contributed by atoms with E-state index in [0.29, 0.717) is 12.6 Å². The van der Waals surface area contributed by atoms with Crippen LogP contribution in [0.1, 0.15) is 27.2 Å². The highest BCUT2D eigenvalue weighted by Gasteiger charge is 2.16. The van der Waals surface area contributed by atoms with E-state index in [1.165, 1.54) is 11.3 Å². The number of carbonyl (C=O) groups is 1. The summed E-state index contributed by atoms with van der Waals surface area (Å²) >= 11 is 1.51. The molecule has 4 nitrogen and oxygen atoms in total. The third-order valence-electron chi connectivity index (χ3n) is 2.82. The number of esters is 1. The molecule has 7 heteroatoms. The first kappa shape index (κ1) is 15.4. The molecule has 0 aliphatic heterocycles. The van der Waals surface area contributed by atoms with Crippen molar-refractivity contribution in [2.24, 2.45) is 0 Å². The molecular weight excluding hydrogens is 298 g/mol. The molecule has 0 radical (unpaired) electrons. The van der Waals surface area contributed by atoms with Crippen LogP contribution in [0.2, 0.25) is 0 Å². The normalized spacial score (nSPS) is 10.5. The minimum Gasteiger partial charge on any atom is -0.465 e. The average Bonchev–Trinajstić information content (AvgIpc) is 2.93. The predicted molar refractivity (Wildman–Crippen MR) is 76.5 cm³/mol. The fourth-order valence-electron chi connectivity index (χ4n) is 1.73. The van der Waals surface area contributed by atoms with Crippen molar-refractivity contribution in [3.63, 3.8) is 0 Å². The molecule has 21 heavy (non-hydrogen) atoms. The van der Waals surface area contributed by atoms with Crippen LogP contribution in [-0.4, -0.2) is 18.1 Å². The number of hydrogen-bond acceptors (Lipinski definition) is 5. The number of carbonyl (C=O) groups excluding carboxylic acids is 1. The van der Waals surface area contributed by atoms with Crippen molar-refractivity contribution in [2.75, 3.05) is 12.4 Å². The molecule has 1 heterocycles. The molecule has 112 valence electrons. The second-order valence-corrected chi connectivity index (χ2v) is 5.43. The highest BCUT2D eigenvalue weighted by atomic mass is 32.1. The zero-order chi connectivity index (χ0) is 15.4. The Labute approximate surface area is 124 Å². The number of hydrogen-bond donors (Lipinski definition) is 1. The van der Waals surface area contributed by atoms with E-state index in [-0.39, 0.29) is 11.3 Å². The molecule has 0 bridgehead atoms. The summed E-state index contributed by atoms with van der Waals surface area (Å²) in [5.74, 6) is -2.56. The molecule has 0 aliphatic rings. The Bertz CT molecular complexity index is 658. The first-order valence-corrected chi connectivity index (χ1v) is 7.11. The highest BCUT2D eigenvalue weighted by molar-refractivity contribution is 7.11. The number of aryl methyl sites for hydroxylation is 1. The molecule has 1 aromatic heterocycles. The summed E-state index contributed by atoms with van der Waals surface area (Å²) < 4.78 is 31.7. The molecule has 2 rings (SSSR count). The third-order valence-corrected chi connectivity index (χ3v) is 3.96. The zero-order valence-electron chi connectivity index (χ0n) is 11.6. The summed E-state index contributed by atoms with van der Waals surface area (Å²) in [7, 11) is 1.14. The fraction of sp³-hybridized carbons (Fsp3) is 0.286. The van der Waals surface area contributed by atoms with E-state index in [2.05, 4.69) is 15.0 Å². The fourth-order valence-corrected chi connectivity index (χ4v) is 2.53. The number of methoxy groups -OCH3 is 1. The second-order valence-electron chi connectivity index (χ2n) is 4.23. The number of nitrogens with one attached hydrogen (secondary N) is 1. The van der Waals surface area contributed by atoms with Crippen LogP contribution in [0.3, 0.4) is 0 Å². The molecule has 0 atom stereocenters. The lowest BCUT2D eigenvalue weighted by Gasteiger charge is -2.09. The Balaban J connectivity index is 2.17. The van der Waals surface area contributed by atoms with Crippen molar-refractivity contribution in [1.29, 1.82) is 0 Å². The molecule has 1 aromatic carbocycles. The molecule has 0 aliphatic carbocycles. The Morgan fingerprint density at radius 2 is 2.14 bits per heavy atom. The SMILES string of the molecule is CCc1ncc(CNc2cc(C(=O)OC)c(F)cc2F)s1. The standard InChI is InChI=1S/C14H14F2N2O2S/c1-3-13-18-7-8(21-13)6-17-12-4-9(14(19)20-2)10(15)5-11(12)16/h4-5,7,17H,3,6H2,1-2H3. The van der Waals surface area contributed by atoms with Gasteiger partial charge in [0.15, 0.2) is 0 Å². The first-order chi connectivity index (χ1) is 10.0. The second kappa shape index (κ2) is 6.62. The molecular formula is C14H14F2N2O2S. The summed E-state index contributed by atoms with van der Waals surface area (Å²) in [4.78, 5) is 16.5.